The molecule has 3 aromatic heterocycles. The van der Waals surface area contributed by atoms with Crippen molar-refractivity contribution < 1.29 is 4.74 Å². The van der Waals surface area contributed by atoms with E-state index in [4.69, 9.17) is 19.8 Å². The molecule has 5 aromatic rings. The highest BCUT2D eigenvalue weighted by atomic mass is 16.5. The maximum absolute atomic E-state index is 5.33. The van der Waals surface area contributed by atoms with E-state index in [1.54, 1.807) is 11.6 Å². The summed E-state index contributed by atoms with van der Waals surface area (Å²) < 4.78 is 9.14. The number of aryl methyl sites for hydroxylation is 4. The molecule has 0 radical (unpaired) electrons. The Hall–Kier alpha value is -3.94. The number of nitrogens with zero attached hydrogens (tertiary/aromatic N) is 6. The van der Waals surface area contributed by atoms with Crippen LogP contribution >= 0.6 is 0 Å². The Morgan fingerprint density at radius 1 is 0.969 bits per heavy atom. The Kier molecular flexibility index (Phi) is 5.18. The van der Waals surface area contributed by atoms with Gasteiger partial charge in [-0.15, -0.1) is 5.10 Å². The molecular formula is C24H25N7O. The van der Waals surface area contributed by atoms with Gasteiger partial charge in [0.05, 0.1) is 18.3 Å². The predicted molar refractivity (Wildman–Crippen MR) is 124 cm³/mol. The number of anilines is 1. The Bertz CT molecular complexity index is 1400. The van der Waals surface area contributed by atoms with E-state index >= 15 is 0 Å². The summed E-state index contributed by atoms with van der Waals surface area (Å²) in [7, 11) is 1.67. The number of hydrogen-bond acceptors (Lipinski definition) is 6. The molecule has 3 heterocycles. The zero-order valence-electron chi connectivity index (χ0n) is 18.4. The van der Waals surface area contributed by atoms with Crippen LogP contribution in [0.2, 0.25) is 0 Å². The first-order chi connectivity index (χ1) is 15.6. The van der Waals surface area contributed by atoms with Gasteiger partial charge in [-0.2, -0.15) is 9.61 Å². The van der Waals surface area contributed by atoms with Crippen molar-refractivity contribution in [2.24, 2.45) is 0 Å². The number of hydrogen-bond donors (Lipinski definition) is 1. The monoisotopic (exact) mass is 427 g/mol. The zero-order chi connectivity index (χ0) is 22.1. The highest BCUT2D eigenvalue weighted by molar-refractivity contribution is 5.92. The van der Waals surface area contributed by atoms with Gasteiger partial charge in [0.2, 0.25) is 5.95 Å². The third-order valence-corrected chi connectivity index (χ3v) is 5.46. The average molecular weight is 428 g/mol. The molecule has 1 N–H and O–H groups in total. The summed E-state index contributed by atoms with van der Waals surface area (Å²) in [5.41, 5.74) is 4.93. The first-order valence-corrected chi connectivity index (χ1v) is 10.6. The molecule has 0 saturated heterocycles. The Morgan fingerprint density at radius 2 is 1.84 bits per heavy atom. The number of methoxy groups -OCH3 is 1. The molecule has 2 aromatic carbocycles. The quantitative estimate of drug-likeness (QED) is 0.423. The molecule has 32 heavy (non-hydrogen) atoms. The number of nitrogens with one attached hydrogen (secondary N) is 1. The fourth-order valence-corrected chi connectivity index (χ4v) is 3.89. The average Bonchev–Trinajstić information content (AvgIpc) is 3.38. The van der Waals surface area contributed by atoms with Crippen molar-refractivity contribution in [3.05, 3.63) is 77.4 Å². The molecule has 0 atom stereocenters. The molecule has 0 aliphatic rings. The molecule has 0 aliphatic carbocycles. The van der Waals surface area contributed by atoms with Gasteiger partial charge < -0.3 is 10.1 Å². The largest absolute Gasteiger partial charge is 0.497 e. The number of rotatable bonds is 7. The summed E-state index contributed by atoms with van der Waals surface area (Å²) in [6.07, 6.45) is 0.688. The second-order valence-electron chi connectivity index (χ2n) is 7.82. The summed E-state index contributed by atoms with van der Waals surface area (Å²) in [6.45, 7) is 5.40. The topological polar surface area (TPSA) is 82.2 Å². The molecule has 0 aliphatic heterocycles. The maximum atomic E-state index is 5.33. The van der Waals surface area contributed by atoms with Crippen LogP contribution in [0.15, 0.2) is 54.6 Å². The number of benzene rings is 2. The predicted octanol–water partition coefficient (Wildman–Crippen LogP) is 3.95. The summed E-state index contributed by atoms with van der Waals surface area (Å²) in [5, 5.41) is 13.7. The van der Waals surface area contributed by atoms with Gasteiger partial charge >= 0.3 is 0 Å². The van der Waals surface area contributed by atoms with Gasteiger partial charge in [-0.3, -0.25) is 4.68 Å². The second kappa shape index (κ2) is 8.30. The molecular weight excluding hydrogens is 402 g/mol. The molecule has 0 spiro atoms. The normalized spacial score (nSPS) is 11.3. The third kappa shape index (κ3) is 3.87. The summed E-state index contributed by atoms with van der Waals surface area (Å²) >= 11 is 0. The van der Waals surface area contributed by atoms with Gasteiger partial charge in [0.15, 0.2) is 11.5 Å². The fraction of sp³-hybridized carbons (Fsp3) is 0.250. The van der Waals surface area contributed by atoms with E-state index in [1.807, 2.05) is 54.1 Å². The van der Waals surface area contributed by atoms with E-state index in [0.29, 0.717) is 18.9 Å². The van der Waals surface area contributed by atoms with Crippen LogP contribution in [0.4, 0.5) is 5.95 Å². The second-order valence-corrected chi connectivity index (χ2v) is 7.82. The Balaban J connectivity index is 1.47. The molecule has 8 nitrogen and oxygen atoms in total. The number of fused-ring (bicyclic) bond motifs is 3. The van der Waals surface area contributed by atoms with Crippen molar-refractivity contribution in [1.82, 2.24) is 29.4 Å². The van der Waals surface area contributed by atoms with Gasteiger partial charge in [0.25, 0.3) is 0 Å². The molecule has 162 valence electrons. The van der Waals surface area contributed by atoms with Crippen LogP contribution in [0, 0.1) is 13.8 Å². The first-order valence-electron chi connectivity index (χ1n) is 10.6. The minimum Gasteiger partial charge on any atom is -0.497 e. The fourth-order valence-electron chi connectivity index (χ4n) is 3.89. The lowest BCUT2D eigenvalue weighted by molar-refractivity contribution is 0.414. The lowest BCUT2D eigenvalue weighted by Gasteiger charge is -2.10. The van der Waals surface area contributed by atoms with E-state index in [2.05, 4.69) is 29.5 Å². The Morgan fingerprint density at radius 3 is 2.66 bits per heavy atom. The first kappa shape index (κ1) is 20.0. The lowest BCUT2D eigenvalue weighted by Crippen LogP contribution is -2.09. The van der Waals surface area contributed by atoms with Gasteiger partial charge in [-0.1, -0.05) is 24.3 Å². The van der Waals surface area contributed by atoms with E-state index in [-0.39, 0.29) is 0 Å². The van der Waals surface area contributed by atoms with Crippen molar-refractivity contribution in [2.45, 2.75) is 33.4 Å². The van der Waals surface area contributed by atoms with Crippen molar-refractivity contribution in [3.63, 3.8) is 0 Å². The van der Waals surface area contributed by atoms with Crippen molar-refractivity contribution in [3.8, 4) is 5.75 Å². The van der Waals surface area contributed by atoms with E-state index < -0.39 is 0 Å². The van der Waals surface area contributed by atoms with Gasteiger partial charge in [-0.05, 0) is 49.7 Å². The van der Waals surface area contributed by atoms with Crippen LogP contribution in [-0.2, 0) is 19.5 Å². The van der Waals surface area contributed by atoms with Crippen molar-refractivity contribution in [1.29, 1.82) is 0 Å². The van der Waals surface area contributed by atoms with Gasteiger partial charge in [-0.25, -0.2) is 9.97 Å². The smallest absolute Gasteiger partial charge is 0.226 e. The summed E-state index contributed by atoms with van der Waals surface area (Å²) in [5.74, 6) is 2.25. The number of para-hydroxylation sites is 1. The van der Waals surface area contributed by atoms with Crippen LogP contribution in [0.3, 0.4) is 0 Å². The van der Waals surface area contributed by atoms with E-state index in [9.17, 15) is 0 Å². The van der Waals surface area contributed by atoms with Crippen LogP contribution in [0.25, 0.3) is 16.6 Å². The highest BCUT2D eigenvalue weighted by Crippen LogP contribution is 2.22. The van der Waals surface area contributed by atoms with Gasteiger partial charge in [0.1, 0.15) is 5.75 Å². The van der Waals surface area contributed by atoms with Crippen molar-refractivity contribution >= 4 is 22.5 Å². The lowest BCUT2D eigenvalue weighted by atomic mass is 10.2. The molecule has 5 rings (SSSR count). The minimum atomic E-state index is 0.596. The number of ether oxygens (including phenoxy) is 1. The highest BCUT2D eigenvalue weighted by Gasteiger charge is 2.14. The van der Waals surface area contributed by atoms with E-state index in [1.165, 1.54) is 0 Å². The molecule has 0 bridgehead atoms. The molecule has 0 amide bonds. The standard InChI is InChI=1S/C24H25N7O/c1-16-13-17(2)30(28-16)12-11-22-27-23-20-9-4-5-10-21(20)26-24(31(23)29-22)25-15-18-7-6-8-19(14-18)32-3/h4-10,13-14H,11-12,15H2,1-3H3,(H,25,26). The summed E-state index contributed by atoms with van der Waals surface area (Å²) in [6, 6.07) is 18.1. The zero-order valence-corrected chi connectivity index (χ0v) is 18.4. The number of aromatic nitrogens is 6. The van der Waals surface area contributed by atoms with Crippen LogP contribution in [0.1, 0.15) is 22.8 Å². The SMILES string of the molecule is COc1cccc(CNc2nc3ccccc3c3nc(CCn4nc(C)cc4C)nn23)c1. The molecule has 0 unspecified atom stereocenters. The summed E-state index contributed by atoms with van der Waals surface area (Å²) in [4.78, 5) is 9.66. The minimum absolute atomic E-state index is 0.596. The maximum Gasteiger partial charge on any atom is 0.226 e. The van der Waals surface area contributed by atoms with E-state index in [0.717, 1.165) is 51.6 Å². The molecule has 0 fully saturated rings. The molecule has 8 heteroatoms. The third-order valence-electron chi connectivity index (χ3n) is 5.46. The van der Waals surface area contributed by atoms with Crippen LogP contribution in [-0.4, -0.2) is 36.5 Å². The van der Waals surface area contributed by atoms with Crippen molar-refractivity contribution in [2.75, 3.05) is 12.4 Å². The Labute approximate surface area is 185 Å². The molecule has 0 saturated carbocycles. The van der Waals surface area contributed by atoms with Gasteiger partial charge in [0, 0.05) is 30.6 Å². The van der Waals surface area contributed by atoms with Crippen LogP contribution < -0.4 is 10.1 Å². The van der Waals surface area contributed by atoms with Crippen LogP contribution in [0.5, 0.6) is 5.75 Å².